The number of nitrogens with zero attached hydrogens (tertiary/aromatic N) is 1. The molecule has 0 heterocycles. The molecule has 0 aliphatic rings. The maximum atomic E-state index is 12.7. The zero-order valence-corrected chi connectivity index (χ0v) is 16.3. The Hall–Kier alpha value is -2.92. The number of hydrogen-bond donors (Lipinski definition) is 2. The fourth-order valence-electron chi connectivity index (χ4n) is 2.24. The second-order valence-corrected chi connectivity index (χ2v) is 7.79. The van der Waals surface area contributed by atoms with Crippen LogP contribution in [0.1, 0.15) is 12.5 Å². The highest BCUT2D eigenvalue weighted by Crippen LogP contribution is 2.30. The third-order valence-corrected chi connectivity index (χ3v) is 5.30. The number of sulfonamides is 1. The molecule has 2 aromatic rings. The first-order valence-corrected chi connectivity index (χ1v) is 9.69. The molecule has 2 rings (SSSR count). The van der Waals surface area contributed by atoms with E-state index in [1.165, 1.54) is 24.0 Å². The van der Waals surface area contributed by atoms with Crippen LogP contribution < -0.4 is 14.9 Å². The van der Waals surface area contributed by atoms with E-state index in [4.69, 9.17) is 0 Å². The summed E-state index contributed by atoms with van der Waals surface area (Å²) in [4.78, 5) is 24.1. The molecule has 2 aromatic carbocycles. The highest BCUT2D eigenvalue weighted by Gasteiger charge is 2.31. The van der Waals surface area contributed by atoms with Gasteiger partial charge in [-0.1, -0.05) is 6.07 Å². The molecule has 156 valence electrons. The maximum Gasteiger partial charge on any atom is 0.416 e. The smallest absolute Gasteiger partial charge is 0.325 e. The molecule has 0 aliphatic carbocycles. The number of carbonyl (C=O) groups excluding carboxylic acids is 2. The Bertz CT molecular complexity index is 1010. The van der Waals surface area contributed by atoms with Gasteiger partial charge in [0, 0.05) is 25.3 Å². The van der Waals surface area contributed by atoms with E-state index in [0.29, 0.717) is 17.4 Å². The van der Waals surface area contributed by atoms with Gasteiger partial charge in [-0.05, 0) is 42.5 Å². The number of halogens is 3. The van der Waals surface area contributed by atoms with E-state index in [2.05, 4.69) is 5.32 Å². The van der Waals surface area contributed by atoms with Crippen molar-refractivity contribution in [2.45, 2.75) is 18.0 Å². The monoisotopic (exact) mass is 429 g/mol. The molecule has 0 aromatic heterocycles. The zero-order chi connectivity index (χ0) is 21.8. The van der Waals surface area contributed by atoms with Gasteiger partial charge in [-0.3, -0.25) is 9.59 Å². The summed E-state index contributed by atoms with van der Waals surface area (Å²) >= 11 is 0. The number of hydrogen-bond acceptors (Lipinski definition) is 4. The lowest BCUT2D eigenvalue weighted by molar-refractivity contribution is -0.137. The summed E-state index contributed by atoms with van der Waals surface area (Å²) in [6.45, 7) is 0.722. The topological polar surface area (TPSA) is 95.6 Å². The summed E-state index contributed by atoms with van der Waals surface area (Å²) in [5.41, 5.74) is -0.157. The van der Waals surface area contributed by atoms with Gasteiger partial charge in [0.1, 0.15) is 0 Å². The molecule has 0 saturated carbocycles. The fourth-order valence-corrected chi connectivity index (χ4v) is 3.27. The molecule has 2 amide bonds. The van der Waals surface area contributed by atoms with Crippen LogP contribution >= 0.6 is 0 Å². The Balaban J connectivity index is 2.00. The molecule has 0 radical (unpaired) electrons. The minimum Gasteiger partial charge on any atom is -0.325 e. The van der Waals surface area contributed by atoms with E-state index in [0.717, 1.165) is 18.2 Å². The number of rotatable bonds is 6. The molecule has 0 saturated heterocycles. The molecule has 0 fully saturated rings. The van der Waals surface area contributed by atoms with Crippen LogP contribution in [0, 0.1) is 0 Å². The number of anilines is 2. The SMILES string of the molecule is CC(=O)N(C)c1ccc(NC(=O)CNS(=O)(=O)c2cccc(C(F)(F)F)c2)cc1. The van der Waals surface area contributed by atoms with Crippen LogP contribution in [0.15, 0.2) is 53.4 Å². The predicted octanol–water partition coefficient (Wildman–Crippen LogP) is 2.61. The van der Waals surface area contributed by atoms with Gasteiger partial charge in [0.05, 0.1) is 17.0 Å². The van der Waals surface area contributed by atoms with Gasteiger partial charge < -0.3 is 10.2 Å². The Labute approximate surface area is 165 Å². The van der Waals surface area contributed by atoms with E-state index in [1.54, 1.807) is 19.2 Å². The number of amides is 2. The van der Waals surface area contributed by atoms with Crippen LogP contribution in [-0.2, 0) is 25.8 Å². The van der Waals surface area contributed by atoms with Crippen LogP contribution in [0.3, 0.4) is 0 Å². The number of nitrogens with one attached hydrogen (secondary N) is 2. The molecular formula is C18H18F3N3O4S. The van der Waals surface area contributed by atoms with Crippen molar-refractivity contribution in [3.8, 4) is 0 Å². The first-order chi connectivity index (χ1) is 13.4. The second kappa shape index (κ2) is 8.62. The third kappa shape index (κ3) is 6.03. The summed E-state index contributed by atoms with van der Waals surface area (Å²) in [5, 5.41) is 2.45. The van der Waals surface area contributed by atoms with Crippen LogP contribution in [0.25, 0.3) is 0 Å². The van der Waals surface area contributed by atoms with Crippen molar-refractivity contribution in [3.63, 3.8) is 0 Å². The van der Waals surface area contributed by atoms with Gasteiger partial charge >= 0.3 is 6.18 Å². The molecular weight excluding hydrogens is 411 g/mol. The van der Waals surface area contributed by atoms with Gasteiger partial charge in [0.2, 0.25) is 21.8 Å². The number of benzene rings is 2. The summed E-state index contributed by atoms with van der Waals surface area (Å²) in [6.07, 6.45) is -4.69. The molecule has 7 nitrogen and oxygen atoms in total. The first kappa shape index (κ1) is 22.4. The molecule has 2 N–H and O–H groups in total. The largest absolute Gasteiger partial charge is 0.416 e. The van der Waals surface area contributed by atoms with Crippen molar-refractivity contribution in [3.05, 3.63) is 54.1 Å². The van der Waals surface area contributed by atoms with Gasteiger partial charge in [0.15, 0.2) is 0 Å². The summed E-state index contributed by atoms with van der Waals surface area (Å²) in [7, 11) is -2.73. The van der Waals surface area contributed by atoms with Crippen molar-refractivity contribution in [1.82, 2.24) is 4.72 Å². The molecule has 0 atom stereocenters. The third-order valence-electron chi connectivity index (χ3n) is 3.91. The van der Waals surface area contributed by atoms with Crippen LogP contribution in [-0.4, -0.2) is 33.8 Å². The summed E-state index contributed by atoms with van der Waals surface area (Å²) in [6, 6.07) is 9.43. The van der Waals surface area contributed by atoms with Gasteiger partial charge in [-0.2, -0.15) is 13.2 Å². The van der Waals surface area contributed by atoms with E-state index in [1.807, 2.05) is 4.72 Å². The lowest BCUT2D eigenvalue weighted by atomic mass is 10.2. The highest BCUT2D eigenvalue weighted by atomic mass is 32.2. The maximum absolute atomic E-state index is 12.7. The van der Waals surface area contributed by atoms with Crippen molar-refractivity contribution in [2.24, 2.45) is 0 Å². The van der Waals surface area contributed by atoms with Crippen molar-refractivity contribution >= 4 is 33.2 Å². The minimum atomic E-state index is -4.69. The van der Waals surface area contributed by atoms with Crippen molar-refractivity contribution < 1.29 is 31.2 Å². The van der Waals surface area contributed by atoms with Gasteiger partial charge in [-0.25, -0.2) is 13.1 Å². The number of alkyl halides is 3. The van der Waals surface area contributed by atoms with Crippen LogP contribution in [0.4, 0.5) is 24.5 Å². The lowest BCUT2D eigenvalue weighted by Gasteiger charge is -2.15. The quantitative estimate of drug-likeness (QED) is 0.738. The average Bonchev–Trinajstić information content (AvgIpc) is 2.66. The molecule has 11 heteroatoms. The fraction of sp³-hybridized carbons (Fsp3) is 0.222. The summed E-state index contributed by atoms with van der Waals surface area (Å²) in [5.74, 6) is -0.890. The van der Waals surface area contributed by atoms with Gasteiger partial charge in [0.25, 0.3) is 0 Å². The van der Waals surface area contributed by atoms with E-state index >= 15 is 0 Å². The molecule has 29 heavy (non-hydrogen) atoms. The Morgan fingerprint density at radius 3 is 2.24 bits per heavy atom. The predicted molar refractivity (Wildman–Crippen MR) is 101 cm³/mol. The molecule has 0 bridgehead atoms. The minimum absolute atomic E-state index is 0.175. The second-order valence-electron chi connectivity index (χ2n) is 6.02. The van der Waals surface area contributed by atoms with E-state index < -0.39 is 39.1 Å². The summed E-state index contributed by atoms with van der Waals surface area (Å²) < 4.78 is 64.5. The normalized spacial score (nSPS) is 11.8. The molecule has 0 aliphatic heterocycles. The number of carbonyl (C=O) groups is 2. The molecule has 0 spiro atoms. The molecule has 0 unspecified atom stereocenters. The average molecular weight is 429 g/mol. The first-order valence-electron chi connectivity index (χ1n) is 8.21. The van der Waals surface area contributed by atoms with Gasteiger partial charge in [-0.15, -0.1) is 0 Å². The Morgan fingerprint density at radius 2 is 1.69 bits per heavy atom. The van der Waals surface area contributed by atoms with Crippen LogP contribution in [0.5, 0.6) is 0 Å². The zero-order valence-electron chi connectivity index (χ0n) is 15.4. The Kier molecular flexibility index (Phi) is 6.65. The van der Waals surface area contributed by atoms with Crippen molar-refractivity contribution in [2.75, 3.05) is 23.8 Å². The van der Waals surface area contributed by atoms with Crippen LogP contribution in [0.2, 0.25) is 0 Å². The Morgan fingerprint density at radius 1 is 1.07 bits per heavy atom. The lowest BCUT2D eigenvalue weighted by Crippen LogP contribution is -2.33. The highest BCUT2D eigenvalue weighted by molar-refractivity contribution is 7.89. The van der Waals surface area contributed by atoms with Crippen molar-refractivity contribution in [1.29, 1.82) is 0 Å². The van der Waals surface area contributed by atoms with E-state index in [-0.39, 0.29) is 5.91 Å². The van der Waals surface area contributed by atoms with E-state index in [9.17, 15) is 31.2 Å². The standard InChI is InChI=1S/C18H18F3N3O4S/c1-12(25)24(2)15-8-6-14(7-9-15)23-17(26)11-22-29(27,28)16-5-3-4-13(10-16)18(19,20)21/h3-10,22H,11H2,1-2H3,(H,23,26).